The molecule has 2 aromatic carbocycles. The highest BCUT2D eigenvalue weighted by atomic mass is 35.5. The van der Waals surface area contributed by atoms with Crippen LogP contribution in [0, 0.1) is 0 Å². The Labute approximate surface area is 151 Å². The minimum absolute atomic E-state index is 0.226. The summed E-state index contributed by atoms with van der Waals surface area (Å²) >= 11 is 6.15. The third kappa shape index (κ3) is 5.05. The second-order valence-electron chi connectivity index (χ2n) is 5.41. The average molecular weight is 362 g/mol. The Kier molecular flexibility index (Phi) is 6.98. The van der Waals surface area contributed by atoms with Crippen LogP contribution in [-0.4, -0.2) is 32.1 Å². The number of amides is 1. The average Bonchev–Trinajstić information content (AvgIpc) is 2.63. The summed E-state index contributed by atoms with van der Waals surface area (Å²) in [6.45, 7) is 0. The van der Waals surface area contributed by atoms with Crippen LogP contribution in [0.3, 0.4) is 0 Å². The number of esters is 1. The van der Waals surface area contributed by atoms with Crippen molar-refractivity contribution in [1.29, 1.82) is 0 Å². The monoisotopic (exact) mass is 361 g/mol. The number of carbonyl (C=O) groups is 2. The van der Waals surface area contributed by atoms with E-state index in [0.717, 1.165) is 5.56 Å². The van der Waals surface area contributed by atoms with Crippen molar-refractivity contribution in [2.75, 3.05) is 14.2 Å². The maximum atomic E-state index is 12.6. The Hall–Kier alpha value is -2.37. The van der Waals surface area contributed by atoms with Crippen LogP contribution in [0.15, 0.2) is 54.6 Å². The van der Waals surface area contributed by atoms with Crippen molar-refractivity contribution >= 4 is 23.5 Å². The maximum absolute atomic E-state index is 12.6. The van der Waals surface area contributed by atoms with Crippen molar-refractivity contribution in [3.63, 3.8) is 0 Å². The molecular formula is C19H20ClNO4. The van der Waals surface area contributed by atoms with E-state index in [2.05, 4.69) is 5.32 Å². The smallest absolute Gasteiger partial charge is 0.328 e. The molecule has 0 aliphatic heterocycles. The fraction of sp³-hybridized carbons (Fsp3) is 0.263. The largest absolute Gasteiger partial charge is 0.467 e. The van der Waals surface area contributed by atoms with Gasteiger partial charge in [0.25, 0.3) is 5.91 Å². The molecule has 0 radical (unpaired) electrons. The number of hydrogen-bond acceptors (Lipinski definition) is 4. The van der Waals surface area contributed by atoms with Crippen LogP contribution in [-0.2, 0) is 25.5 Å². The molecule has 0 bridgehead atoms. The van der Waals surface area contributed by atoms with Gasteiger partial charge in [-0.1, -0.05) is 60.1 Å². The number of hydrogen-bond donors (Lipinski definition) is 1. The number of carbonyl (C=O) groups excluding carboxylic acids is 2. The summed E-state index contributed by atoms with van der Waals surface area (Å²) in [7, 11) is 2.72. The molecule has 1 amide bonds. The summed E-state index contributed by atoms with van der Waals surface area (Å²) in [4.78, 5) is 24.7. The van der Waals surface area contributed by atoms with Crippen molar-refractivity contribution in [2.24, 2.45) is 0 Å². The Morgan fingerprint density at radius 3 is 2.28 bits per heavy atom. The van der Waals surface area contributed by atoms with Crippen molar-refractivity contribution in [3.8, 4) is 0 Å². The number of rotatable bonds is 7. The molecule has 6 heteroatoms. The third-order valence-electron chi connectivity index (χ3n) is 3.76. The van der Waals surface area contributed by atoms with Gasteiger partial charge < -0.3 is 14.8 Å². The van der Waals surface area contributed by atoms with Crippen molar-refractivity contribution in [3.05, 3.63) is 70.7 Å². The second kappa shape index (κ2) is 9.20. The predicted molar refractivity (Wildman–Crippen MR) is 95.3 cm³/mol. The fourth-order valence-corrected chi connectivity index (χ4v) is 2.70. The van der Waals surface area contributed by atoms with Crippen LogP contribution in [0.25, 0.3) is 0 Å². The van der Waals surface area contributed by atoms with E-state index in [1.165, 1.54) is 14.2 Å². The summed E-state index contributed by atoms with van der Waals surface area (Å²) in [6, 6.07) is 15.3. The molecule has 5 nitrogen and oxygen atoms in total. The first kappa shape index (κ1) is 19.0. The van der Waals surface area contributed by atoms with Gasteiger partial charge in [-0.2, -0.15) is 0 Å². The molecule has 0 aliphatic rings. The molecule has 0 aliphatic carbocycles. The number of benzene rings is 2. The first-order valence-corrected chi connectivity index (χ1v) is 8.14. The van der Waals surface area contributed by atoms with Gasteiger partial charge in [0, 0.05) is 18.6 Å². The molecule has 1 N–H and O–H groups in total. The molecule has 0 unspecified atom stereocenters. The summed E-state index contributed by atoms with van der Waals surface area (Å²) in [6.07, 6.45) is -0.594. The highest BCUT2D eigenvalue weighted by molar-refractivity contribution is 6.31. The first-order valence-electron chi connectivity index (χ1n) is 7.76. The van der Waals surface area contributed by atoms with Crippen LogP contribution in [0.5, 0.6) is 0 Å². The first-order chi connectivity index (χ1) is 12.1. The van der Waals surface area contributed by atoms with E-state index in [9.17, 15) is 9.59 Å². The highest BCUT2D eigenvalue weighted by Gasteiger charge is 2.27. The molecule has 25 heavy (non-hydrogen) atoms. The van der Waals surface area contributed by atoms with Crippen molar-refractivity contribution < 1.29 is 19.1 Å². The summed E-state index contributed by atoms with van der Waals surface area (Å²) in [5.74, 6) is -0.965. The highest BCUT2D eigenvalue weighted by Crippen LogP contribution is 2.19. The molecule has 2 rings (SSSR count). The summed E-state index contributed by atoms with van der Waals surface area (Å²) in [5, 5.41) is 3.22. The van der Waals surface area contributed by atoms with Crippen LogP contribution in [0.2, 0.25) is 5.02 Å². The van der Waals surface area contributed by atoms with Crippen LogP contribution < -0.4 is 5.32 Å². The molecule has 0 spiro atoms. The lowest BCUT2D eigenvalue weighted by Crippen LogP contribution is -2.45. The zero-order chi connectivity index (χ0) is 18.2. The molecule has 2 atom stereocenters. The number of halogens is 1. The molecule has 132 valence electrons. The number of methoxy groups -OCH3 is 2. The minimum atomic E-state index is -0.862. The summed E-state index contributed by atoms with van der Waals surface area (Å²) < 4.78 is 10.1. The van der Waals surface area contributed by atoms with E-state index in [-0.39, 0.29) is 6.42 Å². The van der Waals surface area contributed by atoms with Gasteiger partial charge in [0.1, 0.15) is 6.04 Å². The lowest BCUT2D eigenvalue weighted by molar-refractivity contribution is -0.146. The van der Waals surface area contributed by atoms with Crippen molar-refractivity contribution in [1.82, 2.24) is 5.32 Å². The second-order valence-corrected chi connectivity index (χ2v) is 5.81. The molecule has 2 aromatic rings. The fourth-order valence-electron chi connectivity index (χ4n) is 2.49. The lowest BCUT2D eigenvalue weighted by Gasteiger charge is -2.21. The van der Waals surface area contributed by atoms with Gasteiger partial charge in [-0.3, -0.25) is 4.79 Å². The number of nitrogens with one attached hydrogen (secondary N) is 1. The molecule has 0 fully saturated rings. The van der Waals surface area contributed by atoms with Gasteiger partial charge in [0.2, 0.25) is 0 Å². The zero-order valence-corrected chi connectivity index (χ0v) is 14.8. The van der Waals surface area contributed by atoms with Gasteiger partial charge in [0.15, 0.2) is 6.10 Å². The SMILES string of the molecule is COC(=O)[C@@H](Cc1ccccc1Cl)NC(=O)[C@@H](OC)c1ccccc1. The molecule has 0 aromatic heterocycles. The predicted octanol–water partition coefficient (Wildman–Crippen LogP) is 2.93. The number of ether oxygens (including phenoxy) is 2. The van der Waals surface area contributed by atoms with Gasteiger partial charge in [-0.25, -0.2) is 4.79 Å². The molecule has 0 saturated heterocycles. The van der Waals surface area contributed by atoms with Gasteiger partial charge >= 0.3 is 5.97 Å². The molecule has 0 saturated carbocycles. The van der Waals surface area contributed by atoms with E-state index < -0.39 is 24.0 Å². The Balaban J connectivity index is 2.17. The van der Waals surface area contributed by atoms with E-state index in [1.807, 2.05) is 24.3 Å². The normalized spacial score (nSPS) is 12.9. The van der Waals surface area contributed by atoms with E-state index in [0.29, 0.717) is 10.6 Å². The van der Waals surface area contributed by atoms with E-state index >= 15 is 0 Å². The maximum Gasteiger partial charge on any atom is 0.328 e. The minimum Gasteiger partial charge on any atom is -0.467 e. The van der Waals surface area contributed by atoms with E-state index in [4.69, 9.17) is 21.1 Å². The standard InChI is InChI=1S/C19H20ClNO4/c1-24-17(13-8-4-3-5-9-13)18(22)21-16(19(23)25-2)12-14-10-6-7-11-15(14)20/h3-11,16-17H,12H2,1-2H3,(H,21,22)/t16-,17+/m1/s1. The Bertz CT molecular complexity index is 720. The topological polar surface area (TPSA) is 64.6 Å². The molecular weight excluding hydrogens is 342 g/mol. The van der Waals surface area contributed by atoms with Gasteiger partial charge in [0.05, 0.1) is 7.11 Å². The quantitative estimate of drug-likeness (QED) is 0.770. The lowest BCUT2D eigenvalue weighted by atomic mass is 10.0. The Morgan fingerprint density at radius 2 is 1.68 bits per heavy atom. The molecule has 0 heterocycles. The van der Waals surface area contributed by atoms with Gasteiger partial charge in [-0.05, 0) is 17.2 Å². The zero-order valence-electron chi connectivity index (χ0n) is 14.1. The summed E-state index contributed by atoms with van der Waals surface area (Å²) in [5.41, 5.74) is 1.44. The Morgan fingerprint density at radius 1 is 1.04 bits per heavy atom. The van der Waals surface area contributed by atoms with Crippen LogP contribution >= 0.6 is 11.6 Å². The van der Waals surface area contributed by atoms with Crippen LogP contribution in [0.4, 0.5) is 0 Å². The van der Waals surface area contributed by atoms with Crippen molar-refractivity contribution in [2.45, 2.75) is 18.6 Å². The van der Waals surface area contributed by atoms with Gasteiger partial charge in [-0.15, -0.1) is 0 Å². The van der Waals surface area contributed by atoms with E-state index in [1.54, 1.807) is 30.3 Å². The third-order valence-corrected chi connectivity index (χ3v) is 4.13. The van der Waals surface area contributed by atoms with Crippen LogP contribution in [0.1, 0.15) is 17.2 Å².